The smallest absolute Gasteiger partial charge is 0.326 e. The molecule has 9 nitrogen and oxygen atoms in total. The van der Waals surface area contributed by atoms with Crippen molar-refractivity contribution >= 4 is 60.7 Å². The molecule has 0 saturated carbocycles. The molecule has 1 rings (SSSR count). The molecule has 0 aromatic carbocycles. The predicted molar refractivity (Wildman–Crippen MR) is 115 cm³/mol. The average Bonchev–Trinajstić information content (AvgIpc) is 3.17. The molecule has 12 heteroatoms. The van der Waals surface area contributed by atoms with Crippen LogP contribution in [-0.4, -0.2) is 87.9 Å². The summed E-state index contributed by atoms with van der Waals surface area (Å²) >= 11 is 9.54. The van der Waals surface area contributed by atoms with E-state index in [1.807, 2.05) is 6.26 Å². The maximum absolute atomic E-state index is 12.9. The number of carbonyl (C=O) groups is 4. The van der Waals surface area contributed by atoms with E-state index in [0.717, 1.165) is 0 Å². The number of rotatable bonds is 11. The van der Waals surface area contributed by atoms with Crippen LogP contribution in [0.2, 0.25) is 0 Å². The Hall–Kier alpha value is -1.11. The van der Waals surface area contributed by atoms with Crippen LogP contribution in [0, 0.1) is 0 Å². The lowest BCUT2D eigenvalue weighted by molar-refractivity contribution is -0.149. The molecule has 4 atom stereocenters. The predicted octanol–water partition coefficient (Wildman–Crippen LogP) is -1.03. The number of nitrogens with one attached hydrogen (secondary N) is 2. The monoisotopic (exact) mass is 452 g/mol. The highest BCUT2D eigenvalue weighted by Crippen LogP contribution is 2.19. The zero-order valence-electron chi connectivity index (χ0n) is 15.7. The number of nitrogens with zero attached hydrogens (tertiary/aromatic N) is 1. The molecule has 0 aromatic heterocycles. The van der Waals surface area contributed by atoms with Gasteiger partial charge in [0.25, 0.3) is 0 Å². The van der Waals surface area contributed by atoms with Gasteiger partial charge in [-0.25, -0.2) is 4.79 Å². The van der Waals surface area contributed by atoms with Crippen molar-refractivity contribution in [3.8, 4) is 0 Å². The highest BCUT2D eigenvalue weighted by molar-refractivity contribution is 7.98. The summed E-state index contributed by atoms with van der Waals surface area (Å²) in [6.45, 7) is 0.338. The molecule has 5 N–H and O–H groups in total. The number of hydrogen-bond donors (Lipinski definition) is 6. The number of carboxylic acid groups (broad SMARTS) is 1. The van der Waals surface area contributed by atoms with Crippen LogP contribution in [0.3, 0.4) is 0 Å². The molecule has 0 bridgehead atoms. The van der Waals surface area contributed by atoms with Gasteiger partial charge in [0.1, 0.15) is 18.1 Å². The van der Waals surface area contributed by atoms with E-state index in [-0.39, 0.29) is 11.5 Å². The van der Waals surface area contributed by atoms with Crippen molar-refractivity contribution in [3.05, 3.63) is 0 Å². The van der Waals surface area contributed by atoms with Crippen molar-refractivity contribution in [3.63, 3.8) is 0 Å². The fourth-order valence-corrected chi connectivity index (χ4v) is 3.70. The van der Waals surface area contributed by atoms with E-state index in [1.54, 1.807) is 0 Å². The Morgan fingerprint density at radius 3 is 2.36 bits per heavy atom. The van der Waals surface area contributed by atoms with Gasteiger partial charge in [-0.2, -0.15) is 37.0 Å². The fourth-order valence-electron chi connectivity index (χ4n) is 2.81. The molecule has 1 saturated heterocycles. The van der Waals surface area contributed by atoms with Crippen LogP contribution in [0.15, 0.2) is 0 Å². The second-order valence-electron chi connectivity index (χ2n) is 6.40. The van der Waals surface area contributed by atoms with E-state index in [9.17, 15) is 24.3 Å². The van der Waals surface area contributed by atoms with Crippen LogP contribution in [0.5, 0.6) is 0 Å². The second kappa shape index (κ2) is 12.5. The lowest BCUT2D eigenvalue weighted by Gasteiger charge is -2.28. The molecule has 0 aliphatic carbocycles. The Balaban J connectivity index is 2.85. The van der Waals surface area contributed by atoms with Gasteiger partial charge in [0.2, 0.25) is 17.7 Å². The van der Waals surface area contributed by atoms with E-state index >= 15 is 0 Å². The summed E-state index contributed by atoms with van der Waals surface area (Å²) in [7, 11) is 0. The molecule has 1 heterocycles. The van der Waals surface area contributed by atoms with Crippen LogP contribution in [0.4, 0.5) is 0 Å². The Bertz CT molecular complexity index is 580. The summed E-state index contributed by atoms with van der Waals surface area (Å²) in [5, 5.41) is 14.4. The zero-order chi connectivity index (χ0) is 21.3. The molecule has 0 radical (unpaired) electrons. The maximum Gasteiger partial charge on any atom is 0.326 e. The van der Waals surface area contributed by atoms with Crippen LogP contribution in [-0.2, 0) is 19.2 Å². The standard InChI is InChI=1S/C16H28N4O5S3/c1-28-6-4-10(15(23)20-5-2-3-12(20)16(24)25)18-14(22)11(8-27)19-13(21)9(17)7-26/h9-12,26-27H,2-8,17H2,1H3,(H,18,22)(H,19,21)(H,24,25). The first-order chi connectivity index (χ1) is 13.3. The number of aliphatic carboxylic acids is 1. The SMILES string of the molecule is CSCCC(NC(=O)C(CS)NC(=O)C(N)CS)C(=O)N1CCCC1C(=O)O. The molecule has 0 spiro atoms. The maximum atomic E-state index is 12.9. The van der Waals surface area contributed by atoms with E-state index in [1.165, 1.54) is 16.7 Å². The minimum absolute atomic E-state index is 0.0156. The molecule has 4 unspecified atom stereocenters. The Morgan fingerprint density at radius 1 is 1.18 bits per heavy atom. The van der Waals surface area contributed by atoms with Gasteiger partial charge in [0, 0.05) is 18.1 Å². The van der Waals surface area contributed by atoms with Crippen molar-refractivity contribution in [1.82, 2.24) is 15.5 Å². The molecule has 160 valence electrons. The van der Waals surface area contributed by atoms with Crippen molar-refractivity contribution in [1.29, 1.82) is 0 Å². The van der Waals surface area contributed by atoms with Gasteiger partial charge in [0.15, 0.2) is 0 Å². The van der Waals surface area contributed by atoms with E-state index in [0.29, 0.717) is 31.6 Å². The van der Waals surface area contributed by atoms with Crippen LogP contribution < -0.4 is 16.4 Å². The number of amides is 3. The first-order valence-corrected chi connectivity index (χ1v) is 11.5. The van der Waals surface area contributed by atoms with Gasteiger partial charge in [-0.1, -0.05) is 0 Å². The second-order valence-corrected chi connectivity index (χ2v) is 8.12. The summed E-state index contributed by atoms with van der Waals surface area (Å²) in [5.74, 6) is -1.85. The molecule has 0 aromatic rings. The largest absolute Gasteiger partial charge is 0.480 e. The van der Waals surface area contributed by atoms with Crippen molar-refractivity contribution in [2.45, 2.75) is 43.4 Å². The lowest BCUT2D eigenvalue weighted by atomic mass is 10.1. The average molecular weight is 453 g/mol. The molecule has 28 heavy (non-hydrogen) atoms. The molecular weight excluding hydrogens is 424 g/mol. The number of likely N-dealkylation sites (tertiary alicyclic amines) is 1. The summed E-state index contributed by atoms with van der Waals surface area (Å²) in [6.07, 6.45) is 3.21. The quantitative estimate of drug-likeness (QED) is 0.220. The fraction of sp³-hybridized carbons (Fsp3) is 0.750. The number of thiol groups is 2. The first-order valence-electron chi connectivity index (χ1n) is 8.87. The van der Waals surface area contributed by atoms with Crippen molar-refractivity contribution < 1.29 is 24.3 Å². The van der Waals surface area contributed by atoms with Crippen molar-refractivity contribution in [2.24, 2.45) is 5.73 Å². The Kier molecular flexibility index (Phi) is 11.1. The van der Waals surface area contributed by atoms with Gasteiger partial charge in [-0.3, -0.25) is 14.4 Å². The molecular formula is C16H28N4O5S3. The van der Waals surface area contributed by atoms with Crippen molar-refractivity contribution in [2.75, 3.05) is 30.1 Å². The van der Waals surface area contributed by atoms with Crippen LogP contribution in [0.1, 0.15) is 19.3 Å². The summed E-state index contributed by atoms with van der Waals surface area (Å²) in [6, 6.07) is -3.60. The van der Waals surface area contributed by atoms with Crippen LogP contribution in [0.25, 0.3) is 0 Å². The number of nitrogens with two attached hydrogens (primary N) is 1. The molecule has 3 amide bonds. The van der Waals surface area contributed by atoms with Gasteiger partial charge < -0.3 is 26.4 Å². The first kappa shape index (κ1) is 24.9. The Morgan fingerprint density at radius 2 is 1.82 bits per heavy atom. The van der Waals surface area contributed by atoms with Crippen LogP contribution >= 0.6 is 37.0 Å². The number of carbonyl (C=O) groups excluding carboxylic acids is 3. The van der Waals surface area contributed by atoms with E-state index < -0.39 is 47.9 Å². The van der Waals surface area contributed by atoms with E-state index in [4.69, 9.17) is 5.73 Å². The lowest BCUT2D eigenvalue weighted by Crippen LogP contribution is -2.58. The normalized spacial score (nSPS) is 19.6. The van der Waals surface area contributed by atoms with Gasteiger partial charge in [0.05, 0.1) is 6.04 Å². The van der Waals surface area contributed by atoms with E-state index in [2.05, 4.69) is 35.9 Å². The third-order valence-corrected chi connectivity index (χ3v) is 5.80. The van der Waals surface area contributed by atoms with Gasteiger partial charge in [-0.05, 0) is 31.3 Å². The molecule has 1 aliphatic heterocycles. The minimum Gasteiger partial charge on any atom is -0.480 e. The molecule has 1 fully saturated rings. The number of hydrogen-bond acceptors (Lipinski definition) is 8. The van der Waals surface area contributed by atoms with Gasteiger partial charge >= 0.3 is 5.97 Å². The minimum atomic E-state index is -1.05. The topological polar surface area (TPSA) is 142 Å². The Labute approximate surface area is 179 Å². The highest BCUT2D eigenvalue weighted by atomic mass is 32.2. The molecule has 1 aliphatic rings. The summed E-state index contributed by atoms with van der Waals surface area (Å²) < 4.78 is 0. The summed E-state index contributed by atoms with van der Waals surface area (Å²) in [5.41, 5.74) is 5.60. The summed E-state index contributed by atoms with van der Waals surface area (Å²) in [4.78, 5) is 50.1. The highest BCUT2D eigenvalue weighted by Gasteiger charge is 2.38. The third kappa shape index (κ3) is 7.05. The third-order valence-electron chi connectivity index (χ3n) is 4.40. The van der Waals surface area contributed by atoms with Gasteiger partial charge in [-0.15, -0.1) is 0 Å². The number of thioether (sulfide) groups is 1. The zero-order valence-corrected chi connectivity index (χ0v) is 18.3. The number of carboxylic acids is 1.